The Morgan fingerprint density at radius 2 is 2.36 bits per heavy atom. The molecule has 0 bridgehead atoms. The van der Waals surface area contributed by atoms with Gasteiger partial charge in [0, 0.05) is 6.07 Å². The molecule has 0 radical (unpaired) electrons. The van der Waals surface area contributed by atoms with Gasteiger partial charge in [0.1, 0.15) is 4.60 Å². The second-order valence-electron chi connectivity index (χ2n) is 1.85. The topological polar surface area (TPSA) is 48.1 Å². The van der Waals surface area contributed by atoms with Crippen LogP contribution in [-0.2, 0) is 0 Å². The fourth-order valence-corrected chi connectivity index (χ4v) is 1.07. The molecule has 0 aromatic carbocycles. The number of nitrogen functional groups attached to an aromatic ring is 1. The maximum absolute atomic E-state index is 5.72. The monoisotopic (exact) mass is 236 g/mol. The van der Waals surface area contributed by atoms with E-state index in [1.165, 1.54) is 7.11 Å². The molecule has 2 N–H and O–H groups in total. The molecule has 0 spiro atoms. The fraction of sp³-hybridized carbons (Fsp3) is 0.167. The molecule has 1 heterocycles. The summed E-state index contributed by atoms with van der Waals surface area (Å²) in [4.78, 5) is 3.88. The van der Waals surface area contributed by atoms with Gasteiger partial charge >= 0.3 is 0 Å². The summed E-state index contributed by atoms with van der Waals surface area (Å²) in [5, 5.41) is 0.482. The first-order valence-electron chi connectivity index (χ1n) is 2.80. The van der Waals surface area contributed by atoms with Gasteiger partial charge in [-0.15, -0.1) is 0 Å². The molecule has 3 nitrogen and oxygen atoms in total. The first-order chi connectivity index (χ1) is 5.15. The zero-order valence-electron chi connectivity index (χ0n) is 5.77. The normalized spacial score (nSPS) is 9.73. The lowest BCUT2D eigenvalue weighted by atomic mass is 10.4. The summed E-state index contributed by atoms with van der Waals surface area (Å²) in [7, 11) is 1.51. The lowest BCUT2D eigenvalue weighted by Gasteiger charge is -2.03. The molecule has 0 fully saturated rings. The molecule has 0 aliphatic carbocycles. The molecule has 0 unspecified atom stereocenters. The van der Waals surface area contributed by atoms with Crippen molar-refractivity contribution >= 4 is 33.3 Å². The number of ether oxygens (including phenoxy) is 1. The number of anilines is 1. The van der Waals surface area contributed by atoms with Gasteiger partial charge in [-0.25, -0.2) is 4.98 Å². The average Bonchev–Trinajstić information content (AvgIpc) is 1.97. The van der Waals surface area contributed by atoms with Gasteiger partial charge in [0.05, 0.1) is 12.1 Å². The third kappa shape index (κ3) is 1.75. The van der Waals surface area contributed by atoms with Crippen molar-refractivity contribution in [2.75, 3.05) is 12.8 Å². The summed E-state index contributed by atoms with van der Waals surface area (Å²) in [6, 6.07) is 1.61. The van der Waals surface area contributed by atoms with E-state index in [0.29, 0.717) is 21.2 Å². The van der Waals surface area contributed by atoms with E-state index >= 15 is 0 Å². The summed E-state index contributed by atoms with van der Waals surface area (Å²) in [5.41, 5.74) is 5.48. The second-order valence-corrected chi connectivity index (χ2v) is 3.01. The number of nitrogens with zero attached hydrogens (tertiary/aromatic N) is 1. The minimum Gasteiger partial charge on any atom is -0.493 e. The molecule has 0 saturated carbocycles. The molecule has 0 amide bonds. The van der Waals surface area contributed by atoms with Gasteiger partial charge in [-0.3, -0.25) is 0 Å². The van der Waals surface area contributed by atoms with Crippen molar-refractivity contribution < 1.29 is 4.74 Å². The maximum Gasteiger partial charge on any atom is 0.167 e. The van der Waals surface area contributed by atoms with Gasteiger partial charge in [-0.1, -0.05) is 11.6 Å². The highest BCUT2D eigenvalue weighted by Gasteiger charge is 2.05. The molecular weight excluding hydrogens is 231 g/mol. The van der Waals surface area contributed by atoms with Crippen molar-refractivity contribution in [3.05, 3.63) is 15.7 Å². The van der Waals surface area contributed by atoms with Crippen LogP contribution in [0.2, 0.25) is 5.02 Å². The lowest BCUT2D eigenvalue weighted by Crippen LogP contribution is -1.95. The summed E-state index contributed by atoms with van der Waals surface area (Å²) in [5.74, 6) is 0.807. The highest BCUT2D eigenvalue weighted by atomic mass is 79.9. The van der Waals surface area contributed by atoms with Gasteiger partial charge in [-0.05, 0) is 15.9 Å². The van der Waals surface area contributed by atoms with Gasteiger partial charge in [0.2, 0.25) is 0 Å². The highest BCUT2D eigenvalue weighted by molar-refractivity contribution is 9.10. The minimum absolute atomic E-state index is 0.323. The van der Waals surface area contributed by atoms with Gasteiger partial charge in [0.25, 0.3) is 0 Å². The molecular formula is C6H6BrClN2O. The van der Waals surface area contributed by atoms with E-state index in [1.54, 1.807) is 6.07 Å². The van der Waals surface area contributed by atoms with Crippen LogP contribution in [0.1, 0.15) is 0 Å². The second kappa shape index (κ2) is 3.28. The van der Waals surface area contributed by atoms with E-state index in [4.69, 9.17) is 22.1 Å². The largest absolute Gasteiger partial charge is 0.493 e. The molecule has 1 rings (SSSR count). The number of rotatable bonds is 1. The van der Waals surface area contributed by atoms with Crippen LogP contribution in [0.3, 0.4) is 0 Å². The minimum atomic E-state index is 0.323. The molecule has 1 aromatic rings. The van der Waals surface area contributed by atoms with Crippen molar-refractivity contribution in [3.63, 3.8) is 0 Å². The summed E-state index contributed by atoms with van der Waals surface area (Å²) in [6.07, 6.45) is 0. The fourth-order valence-electron chi connectivity index (χ4n) is 0.626. The van der Waals surface area contributed by atoms with E-state index < -0.39 is 0 Å². The third-order valence-corrected chi connectivity index (χ3v) is 2.27. The standard InChI is InChI=1S/C6H6BrClN2O/c1-11-4-2-3(8)5(7)10-6(4)9/h2H,1H3,(H2,9,10). The van der Waals surface area contributed by atoms with Gasteiger partial charge in [-0.2, -0.15) is 0 Å². The molecule has 1 aromatic heterocycles. The summed E-state index contributed by atoms with van der Waals surface area (Å²) in [6.45, 7) is 0. The van der Waals surface area contributed by atoms with E-state index in [2.05, 4.69) is 20.9 Å². The van der Waals surface area contributed by atoms with E-state index in [-0.39, 0.29) is 0 Å². The van der Waals surface area contributed by atoms with Gasteiger partial charge in [0.15, 0.2) is 11.6 Å². The van der Waals surface area contributed by atoms with Crippen molar-refractivity contribution in [3.8, 4) is 5.75 Å². The summed E-state index contributed by atoms with van der Waals surface area (Å²) < 4.78 is 5.41. The zero-order chi connectivity index (χ0) is 8.43. The Bertz CT molecular complexity index is 280. The lowest BCUT2D eigenvalue weighted by molar-refractivity contribution is 0.415. The van der Waals surface area contributed by atoms with Crippen LogP contribution in [0.4, 0.5) is 5.82 Å². The molecule has 5 heteroatoms. The number of methoxy groups -OCH3 is 1. The van der Waals surface area contributed by atoms with Crippen LogP contribution in [0.25, 0.3) is 0 Å². The quantitative estimate of drug-likeness (QED) is 0.761. The van der Waals surface area contributed by atoms with Crippen LogP contribution < -0.4 is 10.5 Å². The molecule has 0 saturated heterocycles. The van der Waals surface area contributed by atoms with Crippen LogP contribution in [0.15, 0.2) is 10.7 Å². The van der Waals surface area contributed by atoms with Gasteiger partial charge < -0.3 is 10.5 Å². The Morgan fingerprint density at radius 3 is 2.91 bits per heavy atom. The SMILES string of the molecule is COc1cc(Cl)c(Br)nc1N. The predicted molar refractivity (Wildman–Crippen MR) is 47.9 cm³/mol. The first kappa shape index (κ1) is 8.62. The number of hydrogen-bond donors (Lipinski definition) is 1. The Morgan fingerprint density at radius 1 is 1.73 bits per heavy atom. The maximum atomic E-state index is 5.72. The Hall–Kier alpha value is -0.480. The third-order valence-electron chi connectivity index (χ3n) is 1.15. The van der Waals surface area contributed by atoms with Crippen LogP contribution in [0, 0.1) is 0 Å². The Labute approximate surface area is 77.6 Å². The van der Waals surface area contributed by atoms with Crippen molar-refractivity contribution in [1.29, 1.82) is 0 Å². The van der Waals surface area contributed by atoms with E-state index in [0.717, 1.165) is 0 Å². The molecule has 0 aliphatic rings. The van der Waals surface area contributed by atoms with E-state index in [1.807, 2.05) is 0 Å². The van der Waals surface area contributed by atoms with Crippen LogP contribution in [-0.4, -0.2) is 12.1 Å². The van der Waals surface area contributed by atoms with Crippen molar-refractivity contribution in [2.24, 2.45) is 0 Å². The zero-order valence-corrected chi connectivity index (χ0v) is 8.11. The molecule has 0 atom stereocenters. The number of halogens is 2. The Balaban J connectivity index is 3.21. The summed E-state index contributed by atoms with van der Waals surface area (Å²) >= 11 is 8.85. The number of aromatic nitrogens is 1. The van der Waals surface area contributed by atoms with Crippen molar-refractivity contribution in [1.82, 2.24) is 4.98 Å². The highest BCUT2D eigenvalue weighted by Crippen LogP contribution is 2.28. The number of hydrogen-bond acceptors (Lipinski definition) is 3. The predicted octanol–water partition coefficient (Wildman–Crippen LogP) is 2.09. The molecule has 0 aliphatic heterocycles. The molecule has 60 valence electrons. The smallest absolute Gasteiger partial charge is 0.167 e. The molecule has 11 heavy (non-hydrogen) atoms. The number of pyridine rings is 1. The number of nitrogens with two attached hydrogens (primary N) is 1. The average molecular weight is 237 g/mol. The first-order valence-corrected chi connectivity index (χ1v) is 3.97. The van der Waals surface area contributed by atoms with Crippen LogP contribution in [0.5, 0.6) is 5.75 Å². The van der Waals surface area contributed by atoms with E-state index in [9.17, 15) is 0 Å². The van der Waals surface area contributed by atoms with Crippen LogP contribution >= 0.6 is 27.5 Å². The van der Waals surface area contributed by atoms with Crippen molar-refractivity contribution in [2.45, 2.75) is 0 Å². The Kier molecular flexibility index (Phi) is 2.57.